The van der Waals surface area contributed by atoms with Crippen molar-refractivity contribution in [1.82, 2.24) is 18.5 Å². The maximum Gasteiger partial charge on any atom is -0.369 e. The van der Waals surface area contributed by atoms with Gasteiger partial charge in [-0.25, -0.2) is 0 Å². The molecule has 0 aliphatic rings. The molecular weight excluding hydrogens is 282 g/mol. The van der Waals surface area contributed by atoms with E-state index in [-0.39, 0.29) is 18.5 Å². The molecule has 1 atom stereocenters. The molecule has 0 aromatic carbocycles. The van der Waals surface area contributed by atoms with Crippen LogP contribution in [-0.4, -0.2) is 33.0 Å². The van der Waals surface area contributed by atoms with Gasteiger partial charge in [0.25, 0.3) is 0 Å². The third kappa shape index (κ3) is 6.06. The van der Waals surface area contributed by atoms with Crippen molar-refractivity contribution in [3.63, 3.8) is 0 Å². The molecule has 0 rings (SSSR count). The Hall–Kier alpha value is -1.36. The van der Waals surface area contributed by atoms with Crippen molar-refractivity contribution in [2.45, 2.75) is 12.0 Å². The first-order valence-corrected chi connectivity index (χ1v) is 3.63. The summed E-state index contributed by atoms with van der Waals surface area (Å²) in [6, 6.07) is 0. The summed E-state index contributed by atoms with van der Waals surface area (Å²) in [4.78, 5) is 30.5. The Morgan fingerprint density at radius 3 is 1.59 bits per heavy atom. The second kappa shape index (κ2) is 8.75. The second-order valence-electron chi connectivity index (χ2n) is 2.29. The van der Waals surface area contributed by atoms with Crippen molar-refractivity contribution in [3.05, 3.63) is 0 Å². The normalized spacial score (nSPS) is 11.6. The molecule has 0 fully saturated rings. The van der Waals surface area contributed by atoms with Crippen LogP contribution in [-0.2, 0) is 30.0 Å². The van der Waals surface area contributed by atoms with E-state index in [2.05, 4.69) is 15.6 Å². The van der Waals surface area contributed by atoms with Crippen molar-refractivity contribution in [2.75, 3.05) is 0 Å². The summed E-state index contributed by atoms with van der Waals surface area (Å²) >= 11 is 2.68. The van der Waals surface area contributed by atoms with Crippen LogP contribution in [0.1, 0.15) is 6.42 Å². The molecule has 11 heteroatoms. The number of aliphatic hydroxyl groups is 1. The number of carboxylic acid groups (broad SMARTS) is 3. The molecule has 0 aromatic rings. The van der Waals surface area contributed by atoms with Crippen molar-refractivity contribution < 1.29 is 50.4 Å². The van der Waals surface area contributed by atoms with Crippen LogP contribution in [0.25, 0.3) is 0 Å². The van der Waals surface area contributed by atoms with E-state index in [9.17, 15) is 29.7 Å². The zero-order valence-electron chi connectivity index (χ0n) is 9.46. The topological polar surface area (TPSA) is 250 Å². The van der Waals surface area contributed by atoms with Crippen LogP contribution in [0.5, 0.6) is 0 Å². The zero-order chi connectivity index (χ0) is 11.5. The first-order chi connectivity index (χ1) is 6.21. The van der Waals surface area contributed by atoms with Crippen molar-refractivity contribution in [3.8, 4) is 0 Å². The number of carbonyl (C=O) groups excluding carboxylic acids is 3. The third-order valence-electron chi connectivity index (χ3n) is 1.27. The van der Waals surface area contributed by atoms with Gasteiger partial charge in [0.15, 0.2) is 0 Å². The molecule has 0 aliphatic heterocycles. The Bertz CT molecular complexity index is 321. The molecule has 0 heterocycles. The largest absolute Gasteiger partial charge is 0.369 e. The molecule has 0 bridgehead atoms. The predicted octanol–water partition coefficient (Wildman–Crippen LogP) is -4.79. The maximum atomic E-state index is 10.3. The molecule has 10 nitrogen and oxygen atoms in total. The SMILES string of the molecule is O=C([O-])CC(O)(C(=O)[O-])[C](=[Fe])C(=O)[O-].[NH4+].[NH4+].[NH4+]. The van der Waals surface area contributed by atoms with E-state index in [0.29, 0.717) is 0 Å². The Kier molecular flexibility index (Phi) is 12.7. The van der Waals surface area contributed by atoms with E-state index in [0.717, 1.165) is 0 Å². The fraction of sp³-hybridized carbons (Fsp3) is 0.333. The monoisotopic (exact) mass is 297 g/mol. The van der Waals surface area contributed by atoms with Crippen LogP contribution in [0, 0.1) is 0 Å². The average Bonchev–Trinajstić information content (AvgIpc) is 2.00. The first kappa shape index (κ1) is 24.7. The van der Waals surface area contributed by atoms with Crippen LogP contribution >= 0.6 is 0 Å². The minimum atomic E-state index is -3.21. The van der Waals surface area contributed by atoms with Gasteiger partial charge in [0.05, 0.1) is 0 Å². The smallest absolute Gasteiger partial charge is 0.369 e. The number of quaternary nitrogens is 3. The summed E-state index contributed by atoms with van der Waals surface area (Å²) in [5.41, 5.74) is -3.21. The Morgan fingerprint density at radius 1 is 1.06 bits per heavy atom. The van der Waals surface area contributed by atoms with E-state index in [1.54, 1.807) is 0 Å². The maximum absolute atomic E-state index is 10.3. The molecule has 17 heavy (non-hydrogen) atoms. The number of aliphatic carboxylic acids is 3. The molecule has 0 saturated heterocycles. The minimum Gasteiger partial charge on any atom is -0.369 e. The van der Waals surface area contributed by atoms with Gasteiger partial charge in [-0.15, -0.1) is 0 Å². The van der Waals surface area contributed by atoms with Crippen LogP contribution in [0.2, 0.25) is 0 Å². The molecular formula is C6H15FeN3O7. The summed E-state index contributed by atoms with van der Waals surface area (Å²) in [6.07, 6.45) is -1.47. The van der Waals surface area contributed by atoms with Gasteiger partial charge in [-0.05, 0) is 0 Å². The summed E-state index contributed by atoms with van der Waals surface area (Å²) in [5.74, 6) is -6.34. The van der Waals surface area contributed by atoms with Crippen LogP contribution in [0.15, 0.2) is 0 Å². The van der Waals surface area contributed by atoms with E-state index in [4.69, 9.17) is 5.11 Å². The van der Waals surface area contributed by atoms with Gasteiger partial charge >= 0.3 is 84.7 Å². The second-order valence-corrected chi connectivity index (χ2v) is 2.84. The Labute approximate surface area is 104 Å². The number of carboxylic acids is 3. The van der Waals surface area contributed by atoms with E-state index in [1.165, 1.54) is 0 Å². The molecule has 13 N–H and O–H groups in total. The van der Waals surface area contributed by atoms with Crippen molar-refractivity contribution in [1.29, 1.82) is 0 Å². The van der Waals surface area contributed by atoms with E-state index in [1.807, 2.05) is 0 Å². The van der Waals surface area contributed by atoms with Gasteiger partial charge in [-0.1, -0.05) is 0 Å². The van der Waals surface area contributed by atoms with Crippen molar-refractivity contribution in [2.24, 2.45) is 0 Å². The summed E-state index contributed by atoms with van der Waals surface area (Å²) in [6.45, 7) is 0. The van der Waals surface area contributed by atoms with Crippen LogP contribution in [0.3, 0.4) is 0 Å². The molecule has 0 aliphatic carbocycles. The Morgan fingerprint density at radius 2 is 1.41 bits per heavy atom. The minimum absolute atomic E-state index is 0. The van der Waals surface area contributed by atoms with E-state index < -0.39 is 34.3 Å². The zero-order valence-corrected chi connectivity index (χ0v) is 10.6. The summed E-state index contributed by atoms with van der Waals surface area (Å²) in [7, 11) is 0. The van der Waals surface area contributed by atoms with Crippen LogP contribution in [0.4, 0.5) is 0 Å². The van der Waals surface area contributed by atoms with Crippen molar-refractivity contribution >= 4 is 22.3 Å². The fourth-order valence-electron chi connectivity index (χ4n) is 0.612. The Balaban J connectivity index is -0.000000282. The summed E-state index contributed by atoms with van der Waals surface area (Å²) in [5, 5.41) is 39.6. The molecule has 104 valence electrons. The van der Waals surface area contributed by atoms with Gasteiger partial charge in [0.2, 0.25) is 0 Å². The van der Waals surface area contributed by atoms with E-state index >= 15 is 0 Å². The summed E-state index contributed by atoms with van der Waals surface area (Å²) < 4.78 is -1.30. The first-order valence-electron chi connectivity index (χ1n) is 3.08. The molecule has 0 aromatic heterocycles. The quantitative estimate of drug-likeness (QED) is 0.359. The molecule has 0 saturated carbocycles. The standard InChI is InChI=1S/C6H6O7.Fe.3H3N/c7-3(8)1-6(13,5(11)12)2-4(9)10;;;;/h13H,1H2,(H,7,8)(H,9,10)(H,11,12);;3*1H3. The predicted molar refractivity (Wildman–Crippen MR) is 47.5 cm³/mol. The van der Waals surface area contributed by atoms with Gasteiger partial charge in [0, 0.05) is 0 Å². The molecule has 0 amide bonds. The fourth-order valence-corrected chi connectivity index (χ4v) is 0.823. The van der Waals surface area contributed by atoms with Gasteiger partial charge in [0.1, 0.15) is 0 Å². The molecule has 0 radical (unpaired) electrons. The number of rotatable bonds is 5. The number of hydrogen-bond donors (Lipinski definition) is 4. The van der Waals surface area contributed by atoms with Crippen LogP contribution < -0.4 is 33.8 Å². The van der Waals surface area contributed by atoms with Gasteiger partial charge in [-0.3, -0.25) is 0 Å². The number of carbonyl (C=O) groups is 3. The number of hydrogen-bond acceptors (Lipinski definition) is 7. The molecule has 1 unspecified atom stereocenters. The third-order valence-corrected chi connectivity index (χ3v) is 1.95. The van der Waals surface area contributed by atoms with Gasteiger partial charge < -0.3 is 18.5 Å². The molecule has 0 spiro atoms. The average molecular weight is 297 g/mol. The van der Waals surface area contributed by atoms with Gasteiger partial charge in [-0.2, -0.15) is 0 Å².